The molecule has 25 heavy (non-hydrogen) atoms. The molecule has 0 spiro atoms. The van der Waals surface area contributed by atoms with Gasteiger partial charge in [0.1, 0.15) is 0 Å². The number of carbonyl (C=O) groups is 2. The largest absolute Gasteiger partial charge is 0.432 e. The molecule has 7 heteroatoms. The molecule has 130 valence electrons. The Kier molecular flexibility index (Phi) is 4.01. The minimum atomic E-state index is -0.276. The van der Waals surface area contributed by atoms with Crippen molar-refractivity contribution in [3.8, 4) is 11.3 Å². The van der Waals surface area contributed by atoms with Gasteiger partial charge in [0.2, 0.25) is 5.91 Å². The number of hydrogen-bond donors (Lipinski definition) is 3. The van der Waals surface area contributed by atoms with E-state index in [1.165, 1.54) is 13.1 Å². The van der Waals surface area contributed by atoms with Crippen LogP contribution >= 0.6 is 0 Å². The van der Waals surface area contributed by atoms with E-state index >= 15 is 0 Å². The summed E-state index contributed by atoms with van der Waals surface area (Å²) >= 11 is 0. The van der Waals surface area contributed by atoms with Crippen LogP contribution in [-0.4, -0.2) is 35.4 Å². The maximum Gasteiger partial charge on any atom is 0.307 e. The van der Waals surface area contributed by atoms with Gasteiger partial charge in [-0.3, -0.25) is 9.59 Å². The van der Waals surface area contributed by atoms with E-state index in [1.807, 2.05) is 12.1 Å². The van der Waals surface area contributed by atoms with Crippen molar-refractivity contribution in [1.29, 1.82) is 0 Å². The minimum absolute atomic E-state index is 0.0654. The number of nitrogens with zero attached hydrogens (tertiary/aromatic N) is 1. The summed E-state index contributed by atoms with van der Waals surface area (Å²) in [5, 5.41) is 9.18. The standard InChI is InChI=1S/C18H20N4O3/c1-10(23)21-13-4-2-3-11(5-13)16-9-20-18(25-16)17(24)22-15-7-14-6-12(15)8-19-14/h2-5,9,12,14-15,19H,6-8H2,1H3,(H,21,23)(H,22,24). The number of nitrogens with one attached hydrogen (secondary N) is 3. The van der Waals surface area contributed by atoms with Gasteiger partial charge in [0.15, 0.2) is 5.76 Å². The zero-order valence-electron chi connectivity index (χ0n) is 13.9. The van der Waals surface area contributed by atoms with Gasteiger partial charge in [-0.1, -0.05) is 12.1 Å². The predicted molar refractivity (Wildman–Crippen MR) is 92.0 cm³/mol. The van der Waals surface area contributed by atoms with Crippen LogP contribution in [0.4, 0.5) is 5.69 Å². The molecule has 2 bridgehead atoms. The third-order valence-corrected chi connectivity index (χ3v) is 4.85. The maximum absolute atomic E-state index is 12.4. The Morgan fingerprint density at radius 1 is 1.32 bits per heavy atom. The highest BCUT2D eigenvalue weighted by Gasteiger charge is 2.40. The van der Waals surface area contributed by atoms with Crippen molar-refractivity contribution in [3.63, 3.8) is 0 Å². The number of aromatic nitrogens is 1. The molecule has 2 aliphatic rings. The fourth-order valence-electron chi connectivity index (χ4n) is 3.71. The van der Waals surface area contributed by atoms with Gasteiger partial charge < -0.3 is 20.4 Å². The van der Waals surface area contributed by atoms with Crippen LogP contribution in [0.2, 0.25) is 0 Å². The molecule has 1 saturated heterocycles. The van der Waals surface area contributed by atoms with Crippen LogP contribution in [0.15, 0.2) is 34.9 Å². The van der Waals surface area contributed by atoms with E-state index in [9.17, 15) is 9.59 Å². The third-order valence-electron chi connectivity index (χ3n) is 4.85. The highest BCUT2D eigenvalue weighted by Crippen LogP contribution is 2.31. The predicted octanol–water partition coefficient (Wildman–Crippen LogP) is 1.78. The average Bonchev–Trinajstić information content (AvgIpc) is 3.31. The number of fused-ring (bicyclic) bond motifs is 2. The number of carbonyl (C=O) groups excluding carboxylic acids is 2. The van der Waals surface area contributed by atoms with E-state index in [2.05, 4.69) is 20.9 Å². The molecule has 3 unspecified atom stereocenters. The van der Waals surface area contributed by atoms with E-state index in [1.54, 1.807) is 12.1 Å². The molecule has 2 fully saturated rings. The molecule has 2 heterocycles. The molecule has 2 aromatic rings. The Hall–Kier alpha value is -2.67. The zero-order chi connectivity index (χ0) is 17.4. The van der Waals surface area contributed by atoms with Crippen molar-refractivity contribution in [3.05, 3.63) is 36.4 Å². The monoisotopic (exact) mass is 340 g/mol. The Morgan fingerprint density at radius 3 is 2.92 bits per heavy atom. The van der Waals surface area contributed by atoms with Crippen molar-refractivity contribution in [1.82, 2.24) is 15.6 Å². The first-order valence-corrected chi connectivity index (χ1v) is 8.46. The lowest BCUT2D eigenvalue weighted by molar-refractivity contribution is -0.114. The SMILES string of the molecule is CC(=O)Nc1cccc(-c2cnc(C(=O)NC3CC4CC3CN4)o2)c1. The number of rotatable bonds is 4. The van der Waals surface area contributed by atoms with Crippen LogP contribution in [0.3, 0.4) is 0 Å². The maximum atomic E-state index is 12.4. The van der Waals surface area contributed by atoms with Gasteiger partial charge in [-0.2, -0.15) is 0 Å². The Bertz CT molecular complexity index is 816. The summed E-state index contributed by atoms with van der Waals surface area (Å²) in [6.07, 6.45) is 3.62. The van der Waals surface area contributed by atoms with Gasteiger partial charge in [0.05, 0.1) is 6.20 Å². The Morgan fingerprint density at radius 2 is 2.20 bits per heavy atom. The summed E-state index contributed by atoms with van der Waals surface area (Å²) in [5.74, 6) is 0.636. The second kappa shape index (κ2) is 6.33. The van der Waals surface area contributed by atoms with E-state index in [0.29, 0.717) is 23.4 Å². The molecule has 1 aromatic carbocycles. The van der Waals surface area contributed by atoms with Crippen LogP contribution in [0.5, 0.6) is 0 Å². The summed E-state index contributed by atoms with van der Waals surface area (Å²) in [4.78, 5) is 27.7. The molecule has 3 atom stereocenters. The van der Waals surface area contributed by atoms with Crippen molar-refractivity contribution in [2.24, 2.45) is 5.92 Å². The van der Waals surface area contributed by atoms with Gasteiger partial charge in [-0.15, -0.1) is 0 Å². The van der Waals surface area contributed by atoms with Crippen LogP contribution in [0, 0.1) is 5.92 Å². The zero-order valence-corrected chi connectivity index (χ0v) is 13.9. The number of amides is 2. The molecule has 1 aliphatic carbocycles. The molecule has 1 aliphatic heterocycles. The summed E-state index contributed by atoms with van der Waals surface area (Å²) in [5.41, 5.74) is 1.42. The summed E-state index contributed by atoms with van der Waals surface area (Å²) < 4.78 is 5.63. The van der Waals surface area contributed by atoms with E-state index in [0.717, 1.165) is 24.9 Å². The molecule has 4 rings (SSSR count). The average molecular weight is 340 g/mol. The molecular formula is C18H20N4O3. The lowest BCUT2D eigenvalue weighted by Crippen LogP contribution is -2.44. The normalized spacial score (nSPS) is 24.3. The van der Waals surface area contributed by atoms with Crippen LogP contribution in [0.25, 0.3) is 11.3 Å². The molecule has 3 N–H and O–H groups in total. The molecule has 0 radical (unpaired) electrons. The van der Waals surface area contributed by atoms with Gasteiger partial charge in [0, 0.05) is 36.8 Å². The quantitative estimate of drug-likeness (QED) is 0.788. The Labute approximate surface area is 145 Å². The molecule has 7 nitrogen and oxygen atoms in total. The third kappa shape index (κ3) is 3.28. The van der Waals surface area contributed by atoms with Crippen molar-refractivity contribution < 1.29 is 14.0 Å². The summed E-state index contributed by atoms with van der Waals surface area (Å²) in [6, 6.07) is 7.94. The summed E-state index contributed by atoms with van der Waals surface area (Å²) in [7, 11) is 0. The molecular weight excluding hydrogens is 320 g/mol. The van der Waals surface area contributed by atoms with Crippen LogP contribution in [-0.2, 0) is 4.79 Å². The first-order valence-electron chi connectivity index (χ1n) is 8.46. The number of benzene rings is 1. The van der Waals surface area contributed by atoms with Gasteiger partial charge in [0.25, 0.3) is 5.89 Å². The van der Waals surface area contributed by atoms with E-state index in [-0.39, 0.29) is 23.7 Å². The first kappa shape index (κ1) is 15.8. The lowest BCUT2D eigenvalue weighted by Gasteiger charge is -2.22. The highest BCUT2D eigenvalue weighted by atomic mass is 16.4. The molecule has 1 saturated carbocycles. The van der Waals surface area contributed by atoms with Crippen LogP contribution < -0.4 is 16.0 Å². The van der Waals surface area contributed by atoms with E-state index < -0.39 is 0 Å². The highest BCUT2D eigenvalue weighted by molar-refractivity contribution is 5.91. The topological polar surface area (TPSA) is 96.3 Å². The number of oxazole rings is 1. The van der Waals surface area contributed by atoms with Crippen molar-refractivity contribution in [2.75, 3.05) is 11.9 Å². The first-order chi connectivity index (χ1) is 12.1. The minimum Gasteiger partial charge on any atom is -0.432 e. The lowest BCUT2D eigenvalue weighted by atomic mass is 10.0. The number of anilines is 1. The second-order valence-corrected chi connectivity index (χ2v) is 6.71. The van der Waals surface area contributed by atoms with Crippen molar-refractivity contribution in [2.45, 2.75) is 31.8 Å². The number of hydrogen-bond acceptors (Lipinski definition) is 5. The molecule has 1 aromatic heterocycles. The van der Waals surface area contributed by atoms with Gasteiger partial charge >= 0.3 is 5.91 Å². The van der Waals surface area contributed by atoms with Crippen LogP contribution in [0.1, 0.15) is 30.5 Å². The summed E-state index contributed by atoms with van der Waals surface area (Å²) in [6.45, 7) is 2.41. The fraction of sp³-hybridized carbons (Fsp3) is 0.389. The molecule has 2 amide bonds. The number of piperidine rings is 1. The fourth-order valence-corrected chi connectivity index (χ4v) is 3.71. The second-order valence-electron chi connectivity index (χ2n) is 6.71. The van der Waals surface area contributed by atoms with Crippen molar-refractivity contribution >= 4 is 17.5 Å². The van der Waals surface area contributed by atoms with E-state index in [4.69, 9.17) is 4.42 Å². The van der Waals surface area contributed by atoms with Gasteiger partial charge in [-0.05, 0) is 30.9 Å². The smallest absolute Gasteiger partial charge is 0.307 e. The Balaban J connectivity index is 1.46. The van der Waals surface area contributed by atoms with Gasteiger partial charge in [-0.25, -0.2) is 4.98 Å².